The Morgan fingerprint density at radius 2 is 2.17 bits per heavy atom. The number of nitrogens with two attached hydrogens (primary N) is 1. The molecule has 0 aliphatic rings. The molecule has 2 rings (SSSR count). The summed E-state index contributed by atoms with van der Waals surface area (Å²) in [6.45, 7) is 4.19. The Balaban J connectivity index is 2.13. The minimum atomic E-state index is -0.328. The number of nitrogens with zero attached hydrogens (tertiary/aromatic N) is 1. The average molecular weight is 245 g/mol. The Morgan fingerprint density at radius 3 is 2.78 bits per heavy atom. The Labute approximate surface area is 105 Å². The van der Waals surface area contributed by atoms with E-state index in [-0.39, 0.29) is 18.2 Å². The number of rotatable bonds is 3. The number of hydrogen-bond donors (Lipinski definition) is 2. The van der Waals surface area contributed by atoms with Crippen LogP contribution < -0.4 is 11.1 Å². The Morgan fingerprint density at radius 1 is 1.39 bits per heavy atom. The third-order valence-electron chi connectivity index (χ3n) is 2.72. The van der Waals surface area contributed by atoms with Crippen LogP contribution in [0.5, 0.6) is 0 Å². The molecule has 1 heterocycles. The van der Waals surface area contributed by atoms with Gasteiger partial charge in [-0.3, -0.25) is 4.79 Å². The molecule has 3 N–H and O–H groups in total. The van der Waals surface area contributed by atoms with Crippen molar-refractivity contribution in [2.24, 2.45) is 5.73 Å². The van der Waals surface area contributed by atoms with Crippen LogP contribution in [0.15, 0.2) is 28.8 Å². The second-order valence-corrected chi connectivity index (χ2v) is 4.08. The van der Waals surface area contributed by atoms with Gasteiger partial charge in [-0.1, -0.05) is 6.07 Å². The number of nitrogens with one attached hydrogen (secondary N) is 1. The molecule has 0 atom stereocenters. The number of benzene rings is 1. The summed E-state index contributed by atoms with van der Waals surface area (Å²) in [4.78, 5) is 15.7. The SMILES string of the molecule is Cc1ccc(NC(=O)c2cnc(CN)o2)cc1C. The number of anilines is 1. The molecule has 0 aliphatic carbocycles. The third kappa shape index (κ3) is 2.57. The highest BCUT2D eigenvalue weighted by Gasteiger charge is 2.12. The number of carbonyl (C=O) groups is 1. The molecule has 2 aromatic rings. The second kappa shape index (κ2) is 5.01. The molecule has 94 valence electrons. The highest BCUT2D eigenvalue weighted by molar-refractivity contribution is 6.02. The van der Waals surface area contributed by atoms with Crippen LogP contribution in [0.25, 0.3) is 0 Å². The zero-order valence-corrected chi connectivity index (χ0v) is 10.4. The summed E-state index contributed by atoms with van der Waals surface area (Å²) in [6.07, 6.45) is 1.37. The van der Waals surface area contributed by atoms with Crippen molar-refractivity contribution in [1.82, 2.24) is 4.98 Å². The van der Waals surface area contributed by atoms with Crippen LogP contribution >= 0.6 is 0 Å². The minimum absolute atomic E-state index is 0.161. The van der Waals surface area contributed by atoms with Gasteiger partial charge in [0.25, 0.3) is 5.91 Å². The van der Waals surface area contributed by atoms with E-state index in [9.17, 15) is 4.79 Å². The first-order valence-corrected chi connectivity index (χ1v) is 5.63. The number of aryl methyl sites for hydroxylation is 2. The van der Waals surface area contributed by atoms with E-state index in [1.54, 1.807) is 0 Å². The van der Waals surface area contributed by atoms with E-state index in [1.165, 1.54) is 11.8 Å². The van der Waals surface area contributed by atoms with Crippen molar-refractivity contribution in [3.63, 3.8) is 0 Å². The van der Waals surface area contributed by atoms with Gasteiger partial charge in [-0.15, -0.1) is 0 Å². The maximum absolute atomic E-state index is 11.9. The number of hydrogen-bond acceptors (Lipinski definition) is 4. The van der Waals surface area contributed by atoms with E-state index >= 15 is 0 Å². The minimum Gasteiger partial charge on any atom is -0.434 e. The fourth-order valence-corrected chi connectivity index (χ4v) is 1.52. The first-order valence-electron chi connectivity index (χ1n) is 5.63. The Bertz CT molecular complexity index is 575. The first-order chi connectivity index (χ1) is 8.60. The van der Waals surface area contributed by atoms with E-state index in [0.717, 1.165) is 11.3 Å². The van der Waals surface area contributed by atoms with Crippen molar-refractivity contribution in [1.29, 1.82) is 0 Å². The Hall–Kier alpha value is -2.14. The summed E-state index contributed by atoms with van der Waals surface area (Å²) < 4.78 is 5.17. The highest BCUT2D eigenvalue weighted by atomic mass is 16.4. The van der Waals surface area contributed by atoms with Crippen LogP contribution in [0.3, 0.4) is 0 Å². The smallest absolute Gasteiger partial charge is 0.293 e. The molecule has 0 aliphatic heterocycles. The second-order valence-electron chi connectivity index (χ2n) is 4.08. The van der Waals surface area contributed by atoms with E-state index < -0.39 is 0 Å². The van der Waals surface area contributed by atoms with Crippen molar-refractivity contribution < 1.29 is 9.21 Å². The van der Waals surface area contributed by atoms with Crippen LogP contribution in [0, 0.1) is 13.8 Å². The summed E-state index contributed by atoms with van der Waals surface area (Å²) in [5.41, 5.74) is 8.39. The van der Waals surface area contributed by atoms with Crippen molar-refractivity contribution in [2.45, 2.75) is 20.4 Å². The van der Waals surface area contributed by atoms with Crippen LogP contribution in [-0.4, -0.2) is 10.9 Å². The van der Waals surface area contributed by atoms with E-state index in [0.29, 0.717) is 5.89 Å². The molecule has 0 radical (unpaired) electrons. The molecule has 0 bridgehead atoms. The fourth-order valence-electron chi connectivity index (χ4n) is 1.52. The van der Waals surface area contributed by atoms with Crippen molar-refractivity contribution in [2.75, 3.05) is 5.32 Å². The van der Waals surface area contributed by atoms with Gasteiger partial charge >= 0.3 is 0 Å². The molecule has 0 spiro atoms. The average Bonchev–Trinajstić information content (AvgIpc) is 2.82. The van der Waals surface area contributed by atoms with E-state index in [2.05, 4.69) is 10.3 Å². The molecule has 0 fully saturated rings. The van der Waals surface area contributed by atoms with Gasteiger partial charge in [0.05, 0.1) is 12.7 Å². The standard InChI is InChI=1S/C13H15N3O2/c1-8-3-4-10(5-9(8)2)16-13(17)11-7-15-12(6-14)18-11/h3-5,7H,6,14H2,1-2H3,(H,16,17). The lowest BCUT2D eigenvalue weighted by Crippen LogP contribution is -2.11. The highest BCUT2D eigenvalue weighted by Crippen LogP contribution is 2.15. The van der Waals surface area contributed by atoms with Gasteiger partial charge in [-0.25, -0.2) is 4.98 Å². The molecular weight excluding hydrogens is 230 g/mol. The van der Waals surface area contributed by atoms with Crippen LogP contribution in [0.4, 0.5) is 5.69 Å². The molecule has 1 amide bonds. The van der Waals surface area contributed by atoms with Gasteiger partial charge < -0.3 is 15.5 Å². The molecule has 5 nitrogen and oxygen atoms in total. The largest absolute Gasteiger partial charge is 0.434 e. The van der Waals surface area contributed by atoms with Gasteiger partial charge in [0.1, 0.15) is 0 Å². The van der Waals surface area contributed by atoms with Gasteiger partial charge in [0, 0.05) is 5.69 Å². The molecule has 1 aromatic carbocycles. The summed E-state index contributed by atoms with van der Waals surface area (Å²) in [6, 6.07) is 5.71. The normalized spacial score (nSPS) is 10.4. The third-order valence-corrected chi connectivity index (χ3v) is 2.72. The summed E-state index contributed by atoms with van der Waals surface area (Å²) in [5.74, 6) is 0.180. The lowest BCUT2D eigenvalue weighted by molar-refractivity contribution is 0.0995. The zero-order valence-electron chi connectivity index (χ0n) is 10.4. The summed E-state index contributed by atoms with van der Waals surface area (Å²) >= 11 is 0. The van der Waals surface area contributed by atoms with E-state index in [4.69, 9.17) is 10.2 Å². The lowest BCUT2D eigenvalue weighted by atomic mass is 10.1. The zero-order chi connectivity index (χ0) is 13.1. The number of amides is 1. The maximum atomic E-state index is 11.9. The quantitative estimate of drug-likeness (QED) is 0.866. The molecule has 1 aromatic heterocycles. The summed E-state index contributed by atoms with van der Waals surface area (Å²) in [7, 11) is 0. The number of oxazole rings is 1. The number of aromatic nitrogens is 1. The summed E-state index contributed by atoms with van der Waals surface area (Å²) in [5, 5.41) is 2.75. The molecule has 5 heteroatoms. The van der Waals surface area contributed by atoms with Crippen LogP contribution in [-0.2, 0) is 6.54 Å². The molecular formula is C13H15N3O2. The van der Waals surface area contributed by atoms with Crippen molar-refractivity contribution in [3.05, 3.63) is 47.2 Å². The Kier molecular flexibility index (Phi) is 3.43. The monoisotopic (exact) mass is 245 g/mol. The number of carbonyl (C=O) groups excluding carboxylic acids is 1. The van der Waals surface area contributed by atoms with Crippen molar-refractivity contribution in [3.8, 4) is 0 Å². The first kappa shape index (κ1) is 12.3. The van der Waals surface area contributed by atoms with Crippen molar-refractivity contribution >= 4 is 11.6 Å². The predicted molar refractivity (Wildman–Crippen MR) is 68.3 cm³/mol. The molecule has 0 saturated heterocycles. The molecule has 18 heavy (non-hydrogen) atoms. The van der Waals surface area contributed by atoms with Gasteiger partial charge in [-0.05, 0) is 37.1 Å². The van der Waals surface area contributed by atoms with Gasteiger partial charge in [0.15, 0.2) is 0 Å². The topological polar surface area (TPSA) is 81.2 Å². The van der Waals surface area contributed by atoms with Crippen LogP contribution in [0.1, 0.15) is 27.6 Å². The van der Waals surface area contributed by atoms with E-state index in [1.807, 2.05) is 32.0 Å². The van der Waals surface area contributed by atoms with Crippen LogP contribution in [0.2, 0.25) is 0 Å². The van der Waals surface area contributed by atoms with Gasteiger partial charge in [0.2, 0.25) is 11.7 Å². The molecule has 0 unspecified atom stereocenters. The lowest BCUT2D eigenvalue weighted by Gasteiger charge is -2.05. The maximum Gasteiger partial charge on any atom is 0.293 e. The predicted octanol–water partition coefficient (Wildman–Crippen LogP) is 2.00. The van der Waals surface area contributed by atoms with Gasteiger partial charge in [-0.2, -0.15) is 0 Å². The molecule has 0 saturated carbocycles. The fraction of sp³-hybridized carbons (Fsp3) is 0.231.